The number of hydrogen-bond acceptors (Lipinski definition) is 4. The van der Waals surface area contributed by atoms with Crippen molar-refractivity contribution in [1.82, 2.24) is 4.98 Å². The molecule has 1 aliphatic carbocycles. The van der Waals surface area contributed by atoms with E-state index in [4.69, 9.17) is 4.98 Å². The molecule has 3 aromatic rings. The molecule has 154 valence electrons. The van der Waals surface area contributed by atoms with E-state index in [1.165, 1.54) is 47.4 Å². The first-order chi connectivity index (χ1) is 14.4. The van der Waals surface area contributed by atoms with Crippen LogP contribution in [0.1, 0.15) is 52.4 Å². The lowest BCUT2D eigenvalue weighted by molar-refractivity contribution is -0.114. The molecule has 0 fully saturated rings. The summed E-state index contributed by atoms with van der Waals surface area (Å²) in [5, 5.41) is 5.00. The number of nitrogens with one attached hydrogen (secondary N) is 1. The molecule has 2 aromatic carbocycles. The first-order valence-electron chi connectivity index (χ1n) is 10.4. The molecule has 0 spiro atoms. The van der Waals surface area contributed by atoms with Gasteiger partial charge < -0.3 is 5.32 Å². The van der Waals surface area contributed by atoms with Gasteiger partial charge in [0, 0.05) is 23.6 Å². The van der Waals surface area contributed by atoms with E-state index >= 15 is 0 Å². The molecule has 0 saturated heterocycles. The summed E-state index contributed by atoms with van der Waals surface area (Å²) in [6.45, 7) is 5.75. The summed E-state index contributed by atoms with van der Waals surface area (Å²) >= 11 is 1.55. The lowest BCUT2D eigenvalue weighted by Gasteiger charge is -2.21. The molecule has 0 aliphatic heterocycles. The highest BCUT2D eigenvalue weighted by Gasteiger charge is 2.20. The Morgan fingerprint density at radius 1 is 1.00 bits per heavy atom. The Kier molecular flexibility index (Phi) is 5.91. The van der Waals surface area contributed by atoms with Gasteiger partial charge in [-0.2, -0.15) is 0 Å². The zero-order chi connectivity index (χ0) is 21.3. The van der Waals surface area contributed by atoms with Gasteiger partial charge in [-0.05, 0) is 98.2 Å². The molecule has 5 heteroatoms. The van der Waals surface area contributed by atoms with Gasteiger partial charge in [0.25, 0.3) is 0 Å². The number of anilines is 1. The molecule has 30 heavy (non-hydrogen) atoms. The van der Waals surface area contributed by atoms with E-state index in [1.54, 1.807) is 36.0 Å². The van der Waals surface area contributed by atoms with Crippen LogP contribution in [0.25, 0.3) is 10.9 Å². The van der Waals surface area contributed by atoms with Crippen molar-refractivity contribution in [2.45, 2.75) is 51.5 Å². The zero-order valence-corrected chi connectivity index (χ0v) is 18.5. The van der Waals surface area contributed by atoms with Crippen molar-refractivity contribution in [2.24, 2.45) is 0 Å². The van der Waals surface area contributed by atoms with Gasteiger partial charge >= 0.3 is 0 Å². The molecular weight excluding hydrogens is 392 g/mol. The van der Waals surface area contributed by atoms with Gasteiger partial charge in [0.05, 0.1) is 11.3 Å². The highest BCUT2D eigenvalue weighted by molar-refractivity contribution is 8.00. The summed E-state index contributed by atoms with van der Waals surface area (Å²) in [6, 6.07) is 11.5. The van der Waals surface area contributed by atoms with Crippen molar-refractivity contribution in [1.29, 1.82) is 0 Å². The molecule has 1 N–H and O–H groups in total. The van der Waals surface area contributed by atoms with Gasteiger partial charge in [0.15, 0.2) is 5.78 Å². The predicted molar refractivity (Wildman–Crippen MR) is 124 cm³/mol. The minimum absolute atomic E-state index is 0.0703. The van der Waals surface area contributed by atoms with E-state index in [1.807, 2.05) is 0 Å². The topological polar surface area (TPSA) is 59.1 Å². The van der Waals surface area contributed by atoms with Crippen LogP contribution in [0, 0.1) is 13.8 Å². The number of nitrogens with zero attached hydrogens (tertiary/aromatic N) is 1. The van der Waals surface area contributed by atoms with Crippen LogP contribution < -0.4 is 5.32 Å². The van der Waals surface area contributed by atoms with Crippen LogP contribution >= 0.6 is 11.8 Å². The van der Waals surface area contributed by atoms with Crippen molar-refractivity contribution in [3.63, 3.8) is 0 Å². The molecule has 4 nitrogen and oxygen atoms in total. The Hall–Kier alpha value is -2.66. The molecule has 0 radical (unpaired) electrons. The number of thioether (sulfide) groups is 1. The molecule has 1 aromatic heterocycles. The second kappa shape index (κ2) is 8.60. The Balaban J connectivity index is 1.58. The van der Waals surface area contributed by atoms with Gasteiger partial charge in [-0.15, -0.1) is 0 Å². The van der Waals surface area contributed by atoms with Gasteiger partial charge in [0.1, 0.15) is 5.03 Å². The fourth-order valence-electron chi connectivity index (χ4n) is 4.03. The van der Waals surface area contributed by atoms with E-state index in [9.17, 15) is 9.59 Å². The summed E-state index contributed by atoms with van der Waals surface area (Å²) in [6.07, 6.45) is 4.51. The van der Waals surface area contributed by atoms with Crippen LogP contribution in [-0.2, 0) is 17.6 Å². The zero-order valence-electron chi connectivity index (χ0n) is 17.7. The summed E-state index contributed by atoms with van der Waals surface area (Å²) in [7, 11) is 0. The highest BCUT2D eigenvalue weighted by atomic mass is 32.2. The SMILES string of the molecule is CC(=O)Nc1ccc(C(=O)CSc2nc3cc(C)c(C)cc3c3c2CCCC3)cc1. The molecule has 4 rings (SSSR count). The van der Waals surface area contributed by atoms with Crippen LogP contribution in [0.15, 0.2) is 41.4 Å². The third-order valence-electron chi connectivity index (χ3n) is 5.75. The number of carbonyl (C=O) groups is 2. The number of aryl methyl sites for hydroxylation is 3. The number of hydrogen-bond donors (Lipinski definition) is 1. The fourth-order valence-corrected chi connectivity index (χ4v) is 5.03. The van der Waals surface area contributed by atoms with E-state index in [-0.39, 0.29) is 11.7 Å². The molecule has 0 unspecified atom stereocenters. The normalized spacial score (nSPS) is 13.2. The Morgan fingerprint density at radius 3 is 2.37 bits per heavy atom. The lowest BCUT2D eigenvalue weighted by atomic mass is 9.89. The number of pyridine rings is 1. The Labute approximate surface area is 181 Å². The van der Waals surface area contributed by atoms with Crippen molar-refractivity contribution >= 4 is 40.0 Å². The monoisotopic (exact) mass is 418 g/mol. The van der Waals surface area contributed by atoms with Gasteiger partial charge in [-0.3, -0.25) is 9.59 Å². The average molecular weight is 419 g/mol. The van der Waals surface area contributed by atoms with Crippen LogP contribution in [0.2, 0.25) is 0 Å². The minimum Gasteiger partial charge on any atom is -0.326 e. The number of Topliss-reactive ketones (excluding diaryl/α,β-unsaturated/α-hetero) is 1. The third-order valence-corrected chi connectivity index (χ3v) is 6.77. The van der Waals surface area contributed by atoms with E-state index in [2.05, 4.69) is 31.3 Å². The van der Waals surface area contributed by atoms with Crippen LogP contribution in [0.3, 0.4) is 0 Å². The standard InChI is InChI=1S/C25H26N2O2S/c1-15-12-22-20-6-4-5-7-21(20)25(27-23(22)13-16(15)2)30-14-24(29)18-8-10-19(11-9-18)26-17(3)28/h8-13H,4-7,14H2,1-3H3,(H,26,28). The molecule has 0 saturated carbocycles. The largest absolute Gasteiger partial charge is 0.326 e. The minimum atomic E-state index is -0.123. The number of benzene rings is 2. The first kappa shape index (κ1) is 20.6. The van der Waals surface area contributed by atoms with E-state index < -0.39 is 0 Å². The van der Waals surface area contributed by atoms with Crippen molar-refractivity contribution in [3.05, 3.63) is 64.2 Å². The van der Waals surface area contributed by atoms with E-state index in [0.717, 1.165) is 23.4 Å². The summed E-state index contributed by atoms with van der Waals surface area (Å²) < 4.78 is 0. The Morgan fingerprint density at radius 2 is 1.67 bits per heavy atom. The highest BCUT2D eigenvalue weighted by Crippen LogP contribution is 2.35. The van der Waals surface area contributed by atoms with Gasteiger partial charge in [0.2, 0.25) is 5.91 Å². The molecule has 0 bridgehead atoms. The van der Waals surface area contributed by atoms with Crippen LogP contribution in [-0.4, -0.2) is 22.4 Å². The summed E-state index contributed by atoms with van der Waals surface area (Å²) in [4.78, 5) is 28.9. The van der Waals surface area contributed by atoms with E-state index in [0.29, 0.717) is 17.0 Å². The van der Waals surface area contributed by atoms with Crippen molar-refractivity contribution < 1.29 is 9.59 Å². The second-order valence-electron chi connectivity index (χ2n) is 8.01. The fraction of sp³-hybridized carbons (Fsp3) is 0.320. The Bertz CT molecular complexity index is 1140. The number of aromatic nitrogens is 1. The second-order valence-corrected chi connectivity index (χ2v) is 8.97. The molecule has 1 aliphatic rings. The predicted octanol–water partition coefficient (Wildman–Crippen LogP) is 5.66. The molecule has 1 amide bonds. The summed E-state index contributed by atoms with van der Waals surface area (Å²) in [5.74, 6) is 0.304. The van der Waals surface area contributed by atoms with Crippen molar-refractivity contribution in [2.75, 3.05) is 11.1 Å². The van der Waals surface area contributed by atoms with Crippen LogP contribution in [0.5, 0.6) is 0 Å². The number of amides is 1. The van der Waals surface area contributed by atoms with Crippen LogP contribution in [0.4, 0.5) is 5.69 Å². The quantitative estimate of drug-likeness (QED) is 0.429. The maximum atomic E-state index is 12.7. The third kappa shape index (κ3) is 4.26. The van der Waals surface area contributed by atoms with Gasteiger partial charge in [-0.1, -0.05) is 11.8 Å². The first-order valence-corrected chi connectivity index (χ1v) is 11.4. The number of carbonyl (C=O) groups excluding carboxylic acids is 2. The number of ketones is 1. The molecule has 1 heterocycles. The average Bonchev–Trinajstić information content (AvgIpc) is 2.73. The summed E-state index contributed by atoms with van der Waals surface area (Å²) in [5.41, 5.74) is 7.68. The maximum Gasteiger partial charge on any atom is 0.221 e. The molecule has 0 atom stereocenters. The maximum absolute atomic E-state index is 12.7. The molecular formula is C25H26N2O2S. The smallest absolute Gasteiger partial charge is 0.221 e. The number of rotatable bonds is 5. The lowest BCUT2D eigenvalue weighted by Crippen LogP contribution is -2.09. The number of fused-ring (bicyclic) bond motifs is 3. The van der Waals surface area contributed by atoms with Gasteiger partial charge in [-0.25, -0.2) is 4.98 Å². The van der Waals surface area contributed by atoms with Crippen molar-refractivity contribution in [3.8, 4) is 0 Å².